The molecule has 0 aliphatic rings. The van der Waals surface area contributed by atoms with E-state index < -0.39 is 0 Å². The molecule has 0 bridgehead atoms. The lowest BCUT2D eigenvalue weighted by molar-refractivity contribution is 0.474. The molecule has 0 heterocycles. The van der Waals surface area contributed by atoms with Gasteiger partial charge in [0.05, 0.1) is 0 Å². The van der Waals surface area contributed by atoms with Crippen molar-refractivity contribution in [1.82, 2.24) is 5.32 Å². The monoisotopic (exact) mass is 317 g/mol. The van der Waals surface area contributed by atoms with Crippen LogP contribution in [0, 0.1) is 6.92 Å². The maximum absolute atomic E-state index is 9.41. The van der Waals surface area contributed by atoms with Crippen molar-refractivity contribution < 1.29 is 5.11 Å². The van der Waals surface area contributed by atoms with Crippen molar-refractivity contribution in [2.45, 2.75) is 25.9 Å². The van der Waals surface area contributed by atoms with Crippen LogP contribution >= 0.6 is 0 Å². The molecular formula is C22H23NO. The van der Waals surface area contributed by atoms with Gasteiger partial charge < -0.3 is 10.4 Å². The van der Waals surface area contributed by atoms with Gasteiger partial charge in [-0.25, -0.2) is 0 Å². The first kappa shape index (κ1) is 16.3. The number of hydrogen-bond donors (Lipinski definition) is 2. The second-order valence-corrected chi connectivity index (χ2v) is 6.20. The van der Waals surface area contributed by atoms with Crippen molar-refractivity contribution >= 4 is 0 Å². The molecule has 0 unspecified atom stereocenters. The minimum absolute atomic E-state index is 0.253. The Balaban J connectivity index is 1.74. The summed E-state index contributed by atoms with van der Waals surface area (Å²) >= 11 is 0. The van der Waals surface area contributed by atoms with E-state index in [9.17, 15) is 5.11 Å². The van der Waals surface area contributed by atoms with Gasteiger partial charge in [0, 0.05) is 12.6 Å². The smallest absolute Gasteiger partial charge is 0.115 e. The van der Waals surface area contributed by atoms with Crippen LogP contribution in [-0.4, -0.2) is 5.11 Å². The third-order valence-electron chi connectivity index (χ3n) is 4.25. The van der Waals surface area contributed by atoms with Crippen LogP contribution in [0.4, 0.5) is 0 Å². The molecule has 3 aromatic rings. The molecule has 1 atom stereocenters. The Kier molecular flexibility index (Phi) is 5.29. The number of aryl methyl sites for hydroxylation is 1. The summed E-state index contributed by atoms with van der Waals surface area (Å²) < 4.78 is 0. The van der Waals surface area contributed by atoms with Gasteiger partial charge in [-0.1, -0.05) is 72.3 Å². The molecule has 2 heteroatoms. The predicted octanol–water partition coefficient (Wildman–Crippen LogP) is 4.77. The van der Waals surface area contributed by atoms with Crippen LogP contribution in [0.25, 0.3) is 0 Å². The quantitative estimate of drug-likeness (QED) is 0.686. The van der Waals surface area contributed by atoms with Crippen LogP contribution in [0.2, 0.25) is 0 Å². The molecule has 0 aliphatic carbocycles. The number of rotatable bonds is 6. The first-order valence-electron chi connectivity index (χ1n) is 8.32. The Labute approximate surface area is 143 Å². The lowest BCUT2D eigenvalue weighted by Gasteiger charge is -2.20. The molecule has 0 aromatic heterocycles. The zero-order valence-corrected chi connectivity index (χ0v) is 13.9. The molecule has 0 fully saturated rings. The summed E-state index contributed by atoms with van der Waals surface area (Å²) in [6.45, 7) is 2.88. The van der Waals surface area contributed by atoms with E-state index in [4.69, 9.17) is 0 Å². The number of phenolic OH excluding ortho intramolecular Hbond substituents is 1. The zero-order valence-electron chi connectivity index (χ0n) is 13.9. The molecule has 24 heavy (non-hydrogen) atoms. The van der Waals surface area contributed by atoms with E-state index in [1.54, 1.807) is 12.1 Å². The number of phenols is 1. The molecule has 0 amide bonds. The summed E-state index contributed by atoms with van der Waals surface area (Å²) in [7, 11) is 0. The molecule has 122 valence electrons. The topological polar surface area (TPSA) is 32.3 Å². The first-order chi connectivity index (χ1) is 11.7. The van der Waals surface area contributed by atoms with Crippen molar-refractivity contribution in [2.75, 3.05) is 0 Å². The fraction of sp³-hybridized carbons (Fsp3) is 0.182. The Hall–Kier alpha value is -2.58. The highest BCUT2D eigenvalue weighted by Gasteiger charge is 2.11. The average Bonchev–Trinajstić information content (AvgIpc) is 2.62. The maximum atomic E-state index is 9.41. The highest BCUT2D eigenvalue weighted by Crippen LogP contribution is 2.20. The summed E-state index contributed by atoms with van der Waals surface area (Å²) in [5.41, 5.74) is 5.06. The predicted molar refractivity (Wildman–Crippen MR) is 99.0 cm³/mol. The van der Waals surface area contributed by atoms with E-state index in [0.717, 1.165) is 18.5 Å². The Morgan fingerprint density at radius 1 is 0.792 bits per heavy atom. The third-order valence-corrected chi connectivity index (χ3v) is 4.25. The molecule has 2 nitrogen and oxygen atoms in total. The second-order valence-electron chi connectivity index (χ2n) is 6.20. The van der Waals surface area contributed by atoms with E-state index in [2.05, 4.69) is 60.8 Å². The van der Waals surface area contributed by atoms with Gasteiger partial charge in [0.15, 0.2) is 0 Å². The minimum atomic E-state index is 0.253. The van der Waals surface area contributed by atoms with Gasteiger partial charge in [-0.15, -0.1) is 0 Å². The van der Waals surface area contributed by atoms with E-state index in [-0.39, 0.29) is 6.04 Å². The van der Waals surface area contributed by atoms with Crippen LogP contribution in [0.5, 0.6) is 5.75 Å². The molecule has 0 aliphatic heterocycles. The number of hydrogen-bond acceptors (Lipinski definition) is 2. The van der Waals surface area contributed by atoms with Gasteiger partial charge in [-0.2, -0.15) is 0 Å². The van der Waals surface area contributed by atoms with Gasteiger partial charge in [-0.05, 0) is 42.2 Å². The number of nitrogens with one attached hydrogen (secondary N) is 1. The molecule has 0 saturated heterocycles. The Morgan fingerprint density at radius 3 is 2.08 bits per heavy atom. The highest BCUT2D eigenvalue weighted by molar-refractivity contribution is 5.28. The van der Waals surface area contributed by atoms with Gasteiger partial charge in [0.2, 0.25) is 0 Å². The highest BCUT2D eigenvalue weighted by atomic mass is 16.3. The summed E-state index contributed by atoms with van der Waals surface area (Å²) in [6.07, 6.45) is 0.947. The van der Waals surface area contributed by atoms with Crippen LogP contribution in [0.15, 0.2) is 78.9 Å². The van der Waals surface area contributed by atoms with Crippen molar-refractivity contribution in [3.63, 3.8) is 0 Å². The molecule has 0 spiro atoms. The summed E-state index contributed by atoms with van der Waals surface area (Å²) in [4.78, 5) is 0. The van der Waals surface area contributed by atoms with Crippen LogP contribution < -0.4 is 5.32 Å². The Bertz CT molecular complexity index is 748. The van der Waals surface area contributed by atoms with Crippen molar-refractivity contribution in [2.24, 2.45) is 0 Å². The fourth-order valence-electron chi connectivity index (χ4n) is 2.81. The number of benzene rings is 3. The van der Waals surface area contributed by atoms with Crippen LogP contribution in [0.1, 0.15) is 28.3 Å². The molecule has 3 aromatic carbocycles. The van der Waals surface area contributed by atoms with Gasteiger partial charge in [0.1, 0.15) is 5.75 Å². The van der Waals surface area contributed by atoms with E-state index in [1.807, 2.05) is 18.2 Å². The average molecular weight is 317 g/mol. The molecular weight excluding hydrogens is 294 g/mol. The molecule has 3 rings (SSSR count). The van der Waals surface area contributed by atoms with Crippen molar-refractivity contribution in [3.8, 4) is 5.75 Å². The Morgan fingerprint density at radius 2 is 1.42 bits per heavy atom. The fourth-order valence-corrected chi connectivity index (χ4v) is 2.81. The SMILES string of the molecule is Cc1ccc(C[C@H](NCc2ccc(O)cc2)c2ccccc2)cc1. The van der Waals surface area contributed by atoms with Crippen molar-refractivity contribution in [3.05, 3.63) is 101 Å². The normalized spacial score (nSPS) is 12.0. The van der Waals surface area contributed by atoms with Gasteiger partial charge in [-0.3, -0.25) is 0 Å². The lowest BCUT2D eigenvalue weighted by atomic mass is 9.98. The molecule has 0 radical (unpaired) electrons. The molecule has 2 N–H and O–H groups in total. The van der Waals surface area contributed by atoms with E-state index >= 15 is 0 Å². The van der Waals surface area contributed by atoms with E-state index in [1.165, 1.54) is 16.7 Å². The molecule has 0 saturated carbocycles. The minimum Gasteiger partial charge on any atom is -0.508 e. The van der Waals surface area contributed by atoms with E-state index in [0.29, 0.717) is 5.75 Å². The second kappa shape index (κ2) is 7.80. The van der Waals surface area contributed by atoms with Crippen LogP contribution in [0.3, 0.4) is 0 Å². The van der Waals surface area contributed by atoms with Crippen LogP contribution in [-0.2, 0) is 13.0 Å². The maximum Gasteiger partial charge on any atom is 0.115 e. The van der Waals surface area contributed by atoms with Gasteiger partial charge >= 0.3 is 0 Å². The first-order valence-corrected chi connectivity index (χ1v) is 8.32. The van der Waals surface area contributed by atoms with Gasteiger partial charge in [0.25, 0.3) is 0 Å². The lowest BCUT2D eigenvalue weighted by Crippen LogP contribution is -2.23. The summed E-state index contributed by atoms with van der Waals surface area (Å²) in [6, 6.07) is 26.9. The standard InChI is InChI=1S/C22H23NO/c1-17-7-9-18(10-8-17)15-22(20-5-3-2-4-6-20)23-16-19-11-13-21(24)14-12-19/h2-14,22-24H,15-16H2,1H3/t22-/m0/s1. The number of aromatic hydroxyl groups is 1. The summed E-state index contributed by atoms with van der Waals surface area (Å²) in [5, 5.41) is 13.1. The van der Waals surface area contributed by atoms with Crippen molar-refractivity contribution in [1.29, 1.82) is 0 Å². The zero-order chi connectivity index (χ0) is 16.8. The largest absolute Gasteiger partial charge is 0.508 e. The third kappa shape index (κ3) is 4.46. The summed E-state index contributed by atoms with van der Waals surface area (Å²) in [5.74, 6) is 0.304.